The van der Waals surface area contributed by atoms with Gasteiger partial charge in [-0.25, -0.2) is 8.42 Å². The zero-order chi connectivity index (χ0) is 13.9. The molecule has 0 amide bonds. The summed E-state index contributed by atoms with van der Waals surface area (Å²) in [6.45, 7) is 3.15. The first-order valence-electron chi connectivity index (χ1n) is 6.52. The van der Waals surface area contributed by atoms with E-state index in [0.29, 0.717) is 30.1 Å². The highest BCUT2D eigenvalue weighted by atomic mass is 32.2. The third-order valence-corrected chi connectivity index (χ3v) is 6.30. The summed E-state index contributed by atoms with van der Waals surface area (Å²) in [5.41, 5.74) is 7.09. The van der Waals surface area contributed by atoms with Crippen molar-refractivity contribution in [2.75, 3.05) is 30.3 Å². The van der Waals surface area contributed by atoms with Crippen LogP contribution in [0, 0.1) is 0 Å². The average molecular weight is 300 g/mol. The molecule has 2 rings (SSSR count). The molecule has 2 N–H and O–H groups in total. The van der Waals surface area contributed by atoms with E-state index in [4.69, 9.17) is 5.73 Å². The van der Waals surface area contributed by atoms with Gasteiger partial charge in [-0.2, -0.15) is 16.1 Å². The maximum atomic E-state index is 12.7. The number of hydrogen-bond acceptors (Lipinski definition) is 4. The second-order valence-corrected chi connectivity index (χ2v) is 7.72. The summed E-state index contributed by atoms with van der Waals surface area (Å²) in [5.74, 6) is 1.90. The fourth-order valence-corrected chi connectivity index (χ4v) is 5.02. The van der Waals surface area contributed by atoms with E-state index in [9.17, 15) is 8.42 Å². The Morgan fingerprint density at radius 2 is 2.11 bits per heavy atom. The molecule has 0 radical (unpaired) electrons. The smallest absolute Gasteiger partial charge is 0.243 e. The molecule has 1 aromatic rings. The number of benzene rings is 1. The van der Waals surface area contributed by atoms with Crippen molar-refractivity contribution in [3.8, 4) is 0 Å². The Labute approximate surface area is 119 Å². The highest BCUT2D eigenvalue weighted by Crippen LogP contribution is 2.25. The number of nitrogens with two attached hydrogens (primary N) is 1. The number of thioether (sulfide) groups is 1. The van der Waals surface area contributed by atoms with Gasteiger partial charge in [0.05, 0.1) is 4.90 Å². The second kappa shape index (κ2) is 6.15. The molecule has 0 spiro atoms. The fourth-order valence-electron chi connectivity index (χ4n) is 2.21. The van der Waals surface area contributed by atoms with Crippen molar-refractivity contribution in [3.05, 3.63) is 23.8 Å². The summed E-state index contributed by atoms with van der Waals surface area (Å²) < 4.78 is 27.1. The fraction of sp³-hybridized carbons (Fsp3) is 0.538. The third kappa shape index (κ3) is 3.24. The van der Waals surface area contributed by atoms with Crippen LogP contribution in [0.4, 0.5) is 5.69 Å². The topological polar surface area (TPSA) is 63.4 Å². The summed E-state index contributed by atoms with van der Waals surface area (Å²) in [6.07, 6.45) is 1.60. The summed E-state index contributed by atoms with van der Waals surface area (Å²) in [6, 6.07) is 5.16. The van der Waals surface area contributed by atoms with Crippen LogP contribution >= 0.6 is 11.8 Å². The molecule has 0 bridgehead atoms. The van der Waals surface area contributed by atoms with Crippen molar-refractivity contribution in [1.82, 2.24) is 4.31 Å². The van der Waals surface area contributed by atoms with E-state index in [1.807, 2.05) is 24.8 Å². The molecule has 0 saturated carbocycles. The van der Waals surface area contributed by atoms with Crippen molar-refractivity contribution in [3.63, 3.8) is 0 Å². The Morgan fingerprint density at radius 1 is 1.32 bits per heavy atom. The summed E-state index contributed by atoms with van der Waals surface area (Å²) in [5, 5.41) is 0. The van der Waals surface area contributed by atoms with Gasteiger partial charge in [0.25, 0.3) is 0 Å². The van der Waals surface area contributed by atoms with E-state index in [2.05, 4.69) is 0 Å². The van der Waals surface area contributed by atoms with Crippen LogP contribution in [-0.4, -0.2) is 37.3 Å². The standard InChI is InChI=1S/C13H20N2O2S2/c1-2-11-4-5-12(14)10-13(11)19(16,17)15-6-3-8-18-9-7-15/h4-5,10H,2-3,6-9,14H2,1H3. The van der Waals surface area contributed by atoms with E-state index in [0.717, 1.165) is 23.5 Å². The molecule has 6 heteroatoms. The molecule has 106 valence electrons. The van der Waals surface area contributed by atoms with Crippen LogP contribution in [0.2, 0.25) is 0 Å². The van der Waals surface area contributed by atoms with Gasteiger partial charge in [0, 0.05) is 24.5 Å². The molecule has 4 nitrogen and oxygen atoms in total. The first-order valence-corrected chi connectivity index (χ1v) is 9.11. The zero-order valence-corrected chi connectivity index (χ0v) is 12.8. The Balaban J connectivity index is 2.40. The van der Waals surface area contributed by atoms with Gasteiger partial charge in [0.1, 0.15) is 0 Å². The predicted molar refractivity (Wildman–Crippen MR) is 80.9 cm³/mol. The van der Waals surface area contributed by atoms with Crippen molar-refractivity contribution in [2.45, 2.75) is 24.7 Å². The van der Waals surface area contributed by atoms with Crippen LogP contribution in [0.1, 0.15) is 18.9 Å². The minimum absolute atomic E-state index is 0.377. The monoisotopic (exact) mass is 300 g/mol. The van der Waals surface area contributed by atoms with Gasteiger partial charge in [-0.05, 0) is 36.3 Å². The SMILES string of the molecule is CCc1ccc(N)cc1S(=O)(=O)N1CCCSCC1. The van der Waals surface area contributed by atoms with Gasteiger partial charge in [-0.1, -0.05) is 13.0 Å². The lowest BCUT2D eigenvalue weighted by molar-refractivity contribution is 0.434. The van der Waals surface area contributed by atoms with Crippen molar-refractivity contribution >= 4 is 27.5 Å². The van der Waals surface area contributed by atoms with Gasteiger partial charge in [0.2, 0.25) is 10.0 Å². The van der Waals surface area contributed by atoms with Gasteiger partial charge in [0.15, 0.2) is 0 Å². The maximum Gasteiger partial charge on any atom is 0.243 e. The third-order valence-electron chi connectivity index (χ3n) is 3.27. The molecule has 19 heavy (non-hydrogen) atoms. The van der Waals surface area contributed by atoms with Gasteiger partial charge in [-0.3, -0.25) is 0 Å². The minimum Gasteiger partial charge on any atom is -0.399 e. The van der Waals surface area contributed by atoms with Crippen molar-refractivity contribution in [2.24, 2.45) is 0 Å². The Bertz CT molecular complexity index is 536. The van der Waals surface area contributed by atoms with Crippen molar-refractivity contribution < 1.29 is 8.42 Å². The largest absolute Gasteiger partial charge is 0.399 e. The lowest BCUT2D eigenvalue weighted by Crippen LogP contribution is -2.33. The Kier molecular flexibility index (Phi) is 4.76. The highest BCUT2D eigenvalue weighted by molar-refractivity contribution is 7.99. The normalized spacial score (nSPS) is 18.2. The van der Waals surface area contributed by atoms with E-state index in [1.54, 1.807) is 16.4 Å². The number of nitrogen functional groups attached to an aromatic ring is 1. The van der Waals surface area contributed by atoms with Crippen molar-refractivity contribution in [1.29, 1.82) is 0 Å². The zero-order valence-electron chi connectivity index (χ0n) is 11.1. The lowest BCUT2D eigenvalue weighted by atomic mass is 10.1. The van der Waals surface area contributed by atoms with Crippen LogP contribution in [0.15, 0.2) is 23.1 Å². The number of nitrogens with zero attached hydrogens (tertiary/aromatic N) is 1. The Morgan fingerprint density at radius 3 is 2.84 bits per heavy atom. The summed E-state index contributed by atoms with van der Waals surface area (Å²) in [7, 11) is -3.41. The molecule has 1 heterocycles. The van der Waals surface area contributed by atoms with Crippen LogP contribution < -0.4 is 5.73 Å². The molecule has 1 saturated heterocycles. The van der Waals surface area contributed by atoms with Gasteiger partial charge >= 0.3 is 0 Å². The predicted octanol–water partition coefficient (Wildman–Crippen LogP) is 1.96. The number of rotatable bonds is 3. The van der Waals surface area contributed by atoms with E-state index in [-0.39, 0.29) is 0 Å². The number of sulfonamides is 1. The molecular formula is C13H20N2O2S2. The summed E-state index contributed by atoms with van der Waals surface area (Å²) >= 11 is 1.81. The first-order chi connectivity index (χ1) is 9.05. The Hall–Kier alpha value is -0.720. The average Bonchev–Trinajstić information content (AvgIpc) is 2.68. The van der Waals surface area contributed by atoms with Crippen LogP contribution in [0.3, 0.4) is 0 Å². The highest BCUT2D eigenvalue weighted by Gasteiger charge is 2.27. The molecule has 1 aliphatic heterocycles. The molecule has 0 aromatic heterocycles. The van der Waals surface area contributed by atoms with Crippen LogP contribution in [-0.2, 0) is 16.4 Å². The molecular weight excluding hydrogens is 280 g/mol. The van der Waals surface area contributed by atoms with Crippen LogP contribution in [0.25, 0.3) is 0 Å². The summed E-state index contributed by atoms with van der Waals surface area (Å²) in [4.78, 5) is 0.377. The quantitative estimate of drug-likeness (QED) is 0.867. The van der Waals surface area contributed by atoms with E-state index >= 15 is 0 Å². The number of hydrogen-bond donors (Lipinski definition) is 1. The van der Waals surface area contributed by atoms with E-state index in [1.165, 1.54) is 0 Å². The molecule has 1 aliphatic rings. The molecule has 1 aromatic carbocycles. The first kappa shape index (κ1) is 14.7. The molecule has 1 fully saturated rings. The number of anilines is 1. The number of aryl methyl sites for hydroxylation is 1. The molecule has 0 aliphatic carbocycles. The van der Waals surface area contributed by atoms with E-state index < -0.39 is 10.0 Å². The minimum atomic E-state index is -3.41. The molecule has 0 atom stereocenters. The van der Waals surface area contributed by atoms with Gasteiger partial charge in [-0.15, -0.1) is 0 Å². The van der Waals surface area contributed by atoms with Gasteiger partial charge < -0.3 is 5.73 Å². The maximum absolute atomic E-state index is 12.7. The molecule has 0 unspecified atom stereocenters. The second-order valence-electron chi connectivity index (χ2n) is 4.59. The lowest BCUT2D eigenvalue weighted by Gasteiger charge is -2.21. The van der Waals surface area contributed by atoms with Crippen LogP contribution in [0.5, 0.6) is 0 Å².